The Kier molecular flexibility index (Phi) is 3.54. The SMILES string of the molecule is O=C(O)[C@H]1CCCN1C(=O)c1cnc(-c2ccsc2)s1. The van der Waals surface area contributed by atoms with Crippen LogP contribution in [0.1, 0.15) is 22.5 Å². The molecule has 0 aliphatic carbocycles. The van der Waals surface area contributed by atoms with Crippen LogP contribution in [-0.2, 0) is 4.79 Å². The lowest BCUT2D eigenvalue weighted by Crippen LogP contribution is -2.40. The molecule has 0 aromatic carbocycles. The van der Waals surface area contributed by atoms with Crippen LogP contribution in [0.3, 0.4) is 0 Å². The zero-order valence-electron chi connectivity index (χ0n) is 10.5. The van der Waals surface area contributed by atoms with Crippen molar-refractivity contribution in [2.75, 3.05) is 6.54 Å². The first-order valence-corrected chi connectivity index (χ1v) is 7.95. The van der Waals surface area contributed by atoms with E-state index in [1.54, 1.807) is 11.3 Å². The van der Waals surface area contributed by atoms with E-state index < -0.39 is 12.0 Å². The van der Waals surface area contributed by atoms with Crippen molar-refractivity contribution in [3.05, 3.63) is 27.9 Å². The van der Waals surface area contributed by atoms with Crippen LogP contribution in [0, 0.1) is 0 Å². The number of thiazole rings is 1. The molecule has 2 aromatic rings. The second kappa shape index (κ2) is 5.34. The van der Waals surface area contributed by atoms with Gasteiger partial charge in [0, 0.05) is 17.5 Å². The maximum atomic E-state index is 12.4. The summed E-state index contributed by atoms with van der Waals surface area (Å²) in [5.74, 6) is -1.16. The summed E-state index contributed by atoms with van der Waals surface area (Å²) >= 11 is 2.89. The average Bonchev–Trinajstić information content (AvgIpc) is 3.17. The zero-order chi connectivity index (χ0) is 14.1. The van der Waals surface area contributed by atoms with Crippen LogP contribution in [0.5, 0.6) is 0 Å². The van der Waals surface area contributed by atoms with Gasteiger partial charge in [-0.1, -0.05) is 0 Å². The van der Waals surface area contributed by atoms with Gasteiger partial charge in [-0.15, -0.1) is 11.3 Å². The number of hydrogen-bond acceptors (Lipinski definition) is 5. The number of amides is 1. The number of carbonyl (C=O) groups is 2. The summed E-state index contributed by atoms with van der Waals surface area (Å²) in [4.78, 5) is 29.7. The maximum absolute atomic E-state index is 12.4. The Balaban J connectivity index is 1.83. The third-order valence-electron chi connectivity index (χ3n) is 3.28. The summed E-state index contributed by atoms with van der Waals surface area (Å²) in [6.45, 7) is 0.501. The fourth-order valence-corrected chi connectivity index (χ4v) is 3.88. The smallest absolute Gasteiger partial charge is 0.326 e. The summed E-state index contributed by atoms with van der Waals surface area (Å²) in [7, 11) is 0. The van der Waals surface area contributed by atoms with Crippen molar-refractivity contribution in [1.82, 2.24) is 9.88 Å². The van der Waals surface area contributed by atoms with Crippen molar-refractivity contribution in [3.63, 3.8) is 0 Å². The Hall–Kier alpha value is -1.73. The van der Waals surface area contributed by atoms with Gasteiger partial charge in [-0.2, -0.15) is 11.3 Å². The molecule has 0 radical (unpaired) electrons. The van der Waals surface area contributed by atoms with Crippen LogP contribution in [0.25, 0.3) is 10.6 Å². The van der Waals surface area contributed by atoms with Gasteiger partial charge in [0.05, 0.1) is 6.20 Å². The lowest BCUT2D eigenvalue weighted by atomic mass is 10.2. The van der Waals surface area contributed by atoms with Crippen LogP contribution in [0.2, 0.25) is 0 Å². The van der Waals surface area contributed by atoms with Gasteiger partial charge < -0.3 is 10.0 Å². The first-order chi connectivity index (χ1) is 9.66. The molecular weight excluding hydrogens is 296 g/mol. The van der Waals surface area contributed by atoms with Gasteiger partial charge >= 0.3 is 5.97 Å². The van der Waals surface area contributed by atoms with Crippen molar-refractivity contribution in [1.29, 1.82) is 0 Å². The largest absolute Gasteiger partial charge is 0.480 e. The molecule has 1 aliphatic rings. The summed E-state index contributed by atoms with van der Waals surface area (Å²) < 4.78 is 0. The van der Waals surface area contributed by atoms with E-state index in [9.17, 15) is 9.59 Å². The van der Waals surface area contributed by atoms with Crippen molar-refractivity contribution in [2.45, 2.75) is 18.9 Å². The maximum Gasteiger partial charge on any atom is 0.326 e. The predicted octanol–water partition coefficient (Wildman–Crippen LogP) is 2.56. The minimum atomic E-state index is -0.932. The van der Waals surface area contributed by atoms with Gasteiger partial charge in [0.25, 0.3) is 5.91 Å². The van der Waals surface area contributed by atoms with Gasteiger partial charge in [-0.25, -0.2) is 9.78 Å². The van der Waals surface area contributed by atoms with E-state index in [1.807, 2.05) is 16.8 Å². The molecule has 1 fully saturated rings. The van der Waals surface area contributed by atoms with Crippen molar-refractivity contribution >= 4 is 34.6 Å². The Morgan fingerprint density at radius 2 is 2.30 bits per heavy atom. The molecule has 3 rings (SSSR count). The molecule has 0 unspecified atom stereocenters. The molecule has 1 saturated heterocycles. The van der Waals surface area contributed by atoms with E-state index in [2.05, 4.69) is 4.98 Å². The van der Waals surface area contributed by atoms with Crippen molar-refractivity contribution < 1.29 is 14.7 Å². The molecule has 0 saturated carbocycles. The molecule has 0 spiro atoms. The first kappa shape index (κ1) is 13.3. The molecule has 2 aromatic heterocycles. The number of hydrogen-bond donors (Lipinski definition) is 1. The topological polar surface area (TPSA) is 70.5 Å². The molecule has 104 valence electrons. The fraction of sp³-hybridized carbons (Fsp3) is 0.308. The molecule has 7 heteroatoms. The molecule has 20 heavy (non-hydrogen) atoms. The van der Waals surface area contributed by atoms with E-state index in [4.69, 9.17) is 5.11 Å². The first-order valence-electron chi connectivity index (χ1n) is 6.19. The number of rotatable bonds is 3. The van der Waals surface area contributed by atoms with E-state index in [0.717, 1.165) is 17.0 Å². The van der Waals surface area contributed by atoms with Gasteiger partial charge in [0.2, 0.25) is 0 Å². The van der Waals surface area contributed by atoms with Crippen LogP contribution in [0.4, 0.5) is 0 Å². The third-order valence-corrected chi connectivity index (χ3v) is 5.00. The van der Waals surface area contributed by atoms with Crippen LogP contribution < -0.4 is 0 Å². The van der Waals surface area contributed by atoms with Crippen molar-refractivity contribution in [2.24, 2.45) is 0 Å². The summed E-state index contributed by atoms with van der Waals surface area (Å²) in [6.07, 6.45) is 2.80. The number of aromatic nitrogens is 1. The molecule has 0 bridgehead atoms. The highest BCUT2D eigenvalue weighted by Gasteiger charge is 2.35. The molecule has 3 heterocycles. The Morgan fingerprint density at radius 1 is 1.45 bits per heavy atom. The fourth-order valence-electron chi connectivity index (χ4n) is 2.30. The number of likely N-dealkylation sites (tertiary alicyclic amines) is 1. The standard InChI is InChI=1S/C13H12N2O3S2/c16-12(15-4-1-2-9(15)13(17)18)10-6-14-11(20-10)8-3-5-19-7-8/h3,5-7,9H,1-2,4H2,(H,17,18)/t9-/m1/s1. The highest BCUT2D eigenvalue weighted by Crippen LogP contribution is 2.29. The van der Waals surface area contributed by atoms with E-state index in [-0.39, 0.29) is 5.91 Å². The quantitative estimate of drug-likeness (QED) is 0.946. The van der Waals surface area contributed by atoms with Crippen LogP contribution >= 0.6 is 22.7 Å². The number of thiophene rings is 1. The number of carboxylic acid groups (broad SMARTS) is 1. The van der Waals surface area contributed by atoms with E-state index in [0.29, 0.717) is 17.8 Å². The third kappa shape index (κ3) is 2.34. The van der Waals surface area contributed by atoms with Gasteiger partial charge in [0.15, 0.2) is 0 Å². The minimum absolute atomic E-state index is 0.228. The monoisotopic (exact) mass is 308 g/mol. The summed E-state index contributed by atoms with van der Waals surface area (Å²) in [6, 6.07) is 1.25. The summed E-state index contributed by atoms with van der Waals surface area (Å²) in [5.41, 5.74) is 0.996. The van der Waals surface area contributed by atoms with E-state index >= 15 is 0 Å². The highest BCUT2D eigenvalue weighted by atomic mass is 32.1. The summed E-state index contributed by atoms with van der Waals surface area (Å²) in [5, 5.41) is 13.9. The lowest BCUT2D eigenvalue weighted by molar-refractivity contribution is -0.141. The number of carbonyl (C=O) groups excluding carboxylic acids is 1. The Bertz CT molecular complexity index is 636. The molecule has 1 N–H and O–H groups in total. The lowest BCUT2D eigenvalue weighted by Gasteiger charge is -2.20. The Morgan fingerprint density at radius 3 is 3.00 bits per heavy atom. The Labute approximate surface area is 123 Å². The second-order valence-electron chi connectivity index (χ2n) is 4.54. The highest BCUT2D eigenvalue weighted by molar-refractivity contribution is 7.17. The molecular formula is C13H12N2O3S2. The number of aliphatic carboxylic acids is 1. The second-order valence-corrected chi connectivity index (χ2v) is 6.35. The normalized spacial score (nSPS) is 18.4. The average molecular weight is 308 g/mol. The van der Waals surface area contributed by atoms with Crippen LogP contribution in [-0.4, -0.2) is 39.5 Å². The predicted molar refractivity (Wildman–Crippen MR) is 77.1 cm³/mol. The van der Waals surface area contributed by atoms with Gasteiger partial charge in [-0.3, -0.25) is 4.79 Å². The molecule has 1 aliphatic heterocycles. The minimum Gasteiger partial charge on any atom is -0.480 e. The van der Waals surface area contributed by atoms with Crippen LogP contribution in [0.15, 0.2) is 23.0 Å². The molecule has 1 atom stereocenters. The zero-order valence-corrected chi connectivity index (χ0v) is 12.1. The number of carboxylic acids is 1. The molecule has 5 nitrogen and oxygen atoms in total. The van der Waals surface area contributed by atoms with Gasteiger partial charge in [0.1, 0.15) is 15.9 Å². The van der Waals surface area contributed by atoms with Gasteiger partial charge in [-0.05, 0) is 24.3 Å². The van der Waals surface area contributed by atoms with E-state index in [1.165, 1.54) is 22.4 Å². The number of nitrogens with zero attached hydrogens (tertiary/aromatic N) is 2. The molecule has 1 amide bonds. The van der Waals surface area contributed by atoms with Crippen molar-refractivity contribution in [3.8, 4) is 10.6 Å².